The summed E-state index contributed by atoms with van der Waals surface area (Å²) in [7, 11) is 0. The molecule has 1 aromatic carbocycles. The molecule has 4 nitrogen and oxygen atoms in total. The minimum absolute atomic E-state index is 0.0139. The zero-order chi connectivity index (χ0) is 12.4. The molecular weight excluding hydrogens is 266 g/mol. The summed E-state index contributed by atoms with van der Waals surface area (Å²) in [5.41, 5.74) is 2.43. The maximum absolute atomic E-state index is 11.8. The smallest absolute Gasteiger partial charge is 0.229 e. The lowest BCUT2D eigenvalue weighted by molar-refractivity contribution is -0.115. The van der Waals surface area contributed by atoms with E-state index in [1.807, 2.05) is 35.7 Å². The van der Waals surface area contributed by atoms with Crippen LogP contribution in [0.25, 0.3) is 11.0 Å². The van der Waals surface area contributed by atoms with Gasteiger partial charge in [-0.2, -0.15) is 8.75 Å². The molecule has 2 aromatic heterocycles. The number of thiophene rings is 1. The number of rotatable bonds is 3. The Bertz CT molecular complexity index is 676. The van der Waals surface area contributed by atoms with Crippen molar-refractivity contribution < 1.29 is 4.79 Å². The predicted octanol–water partition coefficient (Wildman–Crippen LogP) is 2.93. The zero-order valence-electron chi connectivity index (χ0n) is 9.29. The fourth-order valence-corrected chi connectivity index (χ4v) is 2.86. The van der Waals surface area contributed by atoms with E-state index in [1.54, 1.807) is 11.3 Å². The number of benzene rings is 1. The van der Waals surface area contributed by atoms with E-state index >= 15 is 0 Å². The number of carbonyl (C=O) groups is 1. The number of nitrogens with one attached hydrogen (secondary N) is 1. The minimum Gasteiger partial charge on any atom is -0.326 e. The molecule has 2 heterocycles. The summed E-state index contributed by atoms with van der Waals surface area (Å²) < 4.78 is 8.26. The van der Waals surface area contributed by atoms with E-state index in [0.717, 1.165) is 21.6 Å². The molecule has 0 atom stereocenters. The standard InChI is InChI=1S/C12H9N3OS2/c16-12(7-9-2-1-5-17-9)13-8-3-4-10-11(6-8)15-18-14-10/h1-6H,7H2,(H,13,16). The average molecular weight is 275 g/mol. The molecule has 0 aliphatic heterocycles. The van der Waals surface area contributed by atoms with Gasteiger partial charge in [-0.1, -0.05) is 6.07 Å². The summed E-state index contributed by atoms with van der Waals surface area (Å²) in [5.74, 6) is -0.0139. The maximum Gasteiger partial charge on any atom is 0.229 e. The average Bonchev–Trinajstić information content (AvgIpc) is 2.98. The molecule has 0 spiro atoms. The van der Waals surface area contributed by atoms with E-state index in [1.165, 1.54) is 11.7 Å². The van der Waals surface area contributed by atoms with Crippen LogP contribution in [0, 0.1) is 0 Å². The van der Waals surface area contributed by atoms with E-state index < -0.39 is 0 Å². The number of aromatic nitrogens is 2. The van der Waals surface area contributed by atoms with Gasteiger partial charge in [0, 0.05) is 10.6 Å². The quantitative estimate of drug-likeness (QED) is 0.799. The van der Waals surface area contributed by atoms with Crippen LogP contribution in [0.15, 0.2) is 35.7 Å². The first-order valence-corrected chi connectivity index (χ1v) is 6.97. The minimum atomic E-state index is -0.0139. The van der Waals surface area contributed by atoms with Gasteiger partial charge in [0.15, 0.2) is 0 Å². The van der Waals surface area contributed by atoms with Gasteiger partial charge in [-0.15, -0.1) is 11.3 Å². The highest BCUT2D eigenvalue weighted by Crippen LogP contribution is 2.17. The van der Waals surface area contributed by atoms with Crippen molar-refractivity contribution in [2.75, 3.05) is 5.32 Å². The highest BCUT2D eigenvalue weighted by molar-refractivity contribution is 7.10. The number of amides is 1. The van der Waals surface area contributed by atoms with E-state index in [4.69, 9.17) is 0 Å². The molecule has 3 aromatic rings. The van der Waals surface area contributed by atoms with Crippen molar-refractivity contribution in [3.05, 3.63) is 40.6 Å². The van der Waals surface area contributed by atoms with Crippen LogP contribution in [0.1, 0.15) is 4.88 Å². The Hall–Kier alpha value is -1.79. The van der Waals surface area contributed by atoms with Gasteiger partial charge in [0.1, 0.15) is 11.0 Å². The number of carbonyl (C=O) groups excluding carboxylic acids is 1. The molecule has 0 aliphatic carbocycles. The molecule has 6 heteroatoms. The normalized spacial score (nSPS) is 10.7. The molecule has 0 unspecified atom stereocenters. The first-order valence-electron chi connectivity index (χ1n) is 5.36. The number of hydrogen-bond donors (Lipinski definition) is 1. The molecule has 1 N–H and O–H groups in total. The summed E-state index contributed by atoms with van der Waals surface area (Å²) in [4.78, 5) is 12.9. The van der Waals surface area contributed by atoms with Gasteiger partial charge in [0.2, 0.25) is 5.91 Å². The van der Waals surface area contributed by atoms with Crippen molar-refractivity contribution in [1.82, 2.24) is 8.75 Å². The van der Waals surface area contributed by atoms with Crippen LogP contribution >= 0.6 is 23.1 Å². The summed E-state index contributed by atoms with van der Waals surface area (Å²) >= 11 is 2.76. The molecule has 0 saturated carbocycles. The third-order valence-corrected chi connectivity index (χ3v) is 3.89. The van der Waals surface area contributed by atoms with E-state index in [0.29, 0.717) is 6.42 Å². The van der Waals surface area contributed by atoms with Crippen molar-refractivity contribution in [3.63, 3.8) is 0 Å². The fourth-order valence-electron chi connectivity index (χ4n) is 1.64. The number of fused-ring (bicyclic) bond motifs is 1. The molecule has 18 heavy (non-hydrogen) atoms. The first kappa shape index (κ1) is 11.3. The lowest BCUT2D eigenvalue weighted by Gasteiger charge is -2.03. The molecule has 0 radical (unpaired) electrons. The predicted molar refractivity (Wildman–Crippen MR) is 74.1 cm³/mol. The van der Waals surface area contributed by atoms with Crippen LogP contribution in [0.3, 0.4) is 0 Å². The summed E-state index contributed by atoms with van der Waals surface area (Å²) in [6.07, 6.45) is 0.408. The highest BCUT2D eigenvalue weighted by atomic mass is 32.1. The number of anilines is 1. The van der Waals surface area contributed by atoms with Gasteiger partial charge in [-0.25, -0.2) is 0 Å². The third-order valence-electron chi connectivity index (χ3n) is 2.45. The van der Waals surface area contributed by atoms with Crippen molar-refractivity contribution >= 4 is 45.7 Å². The largest absolute Gasteiger partial charge is 0.326 e. The van der Waals surface area contributed by atoms with Gasteiger partial charge in [0.05, 0.1) is 18.1 Å². The summed E-state index contributed by atoms with van der Waals surface area (Å²) in [6, 6.07) is 9.44. The Morgan fingerprint density at radius 1 is 1.22 bits per heavy atom. The molecule has 90 valence electrons. The second-order valence-corrected chi connectivity index (χ2v) is 5.33. The first-order chi connectivity index (χ1) is 8.81. The van der Waals surface area contributed by atoms with Crippen molar-refractivity contribution in [2.24, 2.45) is 0 Å². The van der Waals surface area contributed by atoms with Gasteiger partial charge in [-0.05, 0) is 29.6 Å². The van der Waals surface area contributed by atoms with Gasteiger partial charge in [-0.3, -0.25) is 4.79 Å². The number of hydrogen-bond acceptors (Lipinski definition) is 5. The molecule has 0 bridgehead atoms. The highest BCUT2D eigenvalue weighted by Gasteiger charge is 2.06. The van der Waals surface area contributed by atoms with Crippen molar-refractivity contribution in [3.8, 4) is 0 Å². The monoisotopic (exact) mass is 275 g/mol. The van der Waals surface area contributed by atoms with Crippen LogP contribution < -0.4 is 5.32 Å². The van der Waals surface area contributed by atoms with E-state index in [9.17, 15) is 4.79 Å². The summed E-state index contributed by atoms with van der Waals surface area (Å²) in [5, 5.41) is 4.83. The maximum atomic E-state index is 11.8. The zero-order valence-corrected chi connectivity index (χ0v) is 10.9. The van der Waals surface area contributed by atoms with Crippen molar-refractivity contribution in [1.29, 1.82) is 0 Å². The van der Waals surface area contributed by atoms with Crippen LogP contribution in [0.2, 0.25) is 0 Å². The number of nitrogens with zero attached hydrogens (tertiary/aromatic N) is 2. The molecule has 1 amide bonds. The molecule has 0 fully saturated rings. The Balaban J connectivity index is 1.73. The van der Waals surface area contributed by atoms with E-state index in [2.05, 4.69) is 14.1 Å². The SMILES string of the molecule is O=C(Cc1cccs1)Nc1ccc2nsnc2c1. The van der Waals surface area contributed by atoms with Crippen LogP contribution in [0.4, 0.5) is 5.69 Å². The van der Waals surface area contributed by atoms with Crippen LogP contribution in [0.5, 0.6) is 0 Å². The summed E-state index contributed by atoms with van der Waals surface area (Å²) in [6.45, 7) is 0. The topological polar surface area (TPSA) is 54.9 Å². The van der Waals surface area contributed by atoms with E-state index in [-0.39, 0.29) is 5.91 Å². The second kappa shape index (κ2) is 4.83. The van der Waals surface area contributed by atoms with Gasteiger partial charge < -0.3 is 5.32 Å². The molecular formula is C12H9N3OS2. The van der Waals surface area contributed by atoms with Gasteiger partial charge >= 0.3 is 0 Å². The Labute approximate surface area is 112 Å². The molecule has 0 aliphatic rings. The second-order valence-electron chi connectivity index (χ2n) is 3.77. The van der Waals surface area contributed by atoms with Crippen molar-refractivity contribution in [2.45, 2.75) is 6.42 Å². The molecule has 3 rings (SSSR count). The van der Waals surface area contributed by atoms with Gasteiger partial charge in [0.25, 0.3) is 0 Å². The van der Waals surface area contributed by atoms with Crippen LogP contribution in [-0.2, 0) is 11.2 Å². The van der Waals surface area contributed by atoms with Crippen LogP contribution in [-0.4, -0.2) is 14.7 Å². The Kier molecular flexibility index (Phi) is 3.04. The fraction of sp³-hybridized carbons (Fsp3) is 0.0833. The lowest BCUT2D eigenvalue weighted by atomic mass is 10.2. The lowest BCUT2D eigenvalue weighted by Crippen LogP contribution is -2.13. The molecule has 0 saturated heterocycles. The third kappa shape index (κ3) is 2.39. The Morgan fingerprint density at radius 3 is 2.94 bits per heavy atom. The Morgan fingerprint density at radius 2 is 2.11 bits per heavy atom.